The predicted molar refractivity (Wildman–Crippen MR) is 104 cm³/mol. The summed E-state index contributed by atoms with van der Waals surface area (Å²) in [5.41, 5.74) is -0.555. The molecule has 4 atom stereocenters. The second-order valence-corrected chi connectivity index (χ2v) is 6.95. The first-order valence-corrected chi connectivity index (χ1v) is 9.01. The molecule has 0 amide bonds. The molecule has 2 aliphatic rings. The van der Waals surface area contributed by atoms with Gasteiger partial charge in [0.15, 0.2) is 23.0 Å². The van der Waals surface area contributed by atoms with Gasteiger partial charge in [-0.15, -0.1) is 6.58 Å². The van der Waals surface area contributed by atoms with Gasteiger partial charge < -0.3 is 14.2 Å². The van der Waals surface area contributed by atoms with Crippen molar-refractivity contribution >= 4 is 11.6 Å². The summed E-state index contributed by atoms with van der Waals surface area (Å²) in [4.78, 5) is 24.5. The number of allylic oxidation sites excluding steroid dienone is 3. The molecule has 0 spiro atoms. The van der Waals surface area contributed by atoms with Gasteiger partial charge in [-0.05, 0) is 30.4 Å². The summed E-state index contributed by atoms with van der Waals surface area (Å²) in [6.07, 6.45) is 3.68. The van der Waals surface area contributed by atoms with Crippen LogP contribution in [0.2, 0.25) is 0 Å². The predicted octanol–water partition coefficient (Wildman–Crippen LogP) is 3.84. The number of fused-ring (bicyclic) bond motifs is 1. The van der Waals surface area contributed by atoms with E-state index in [-0.39, 0.29) is 35.1 Å². The molecule has 0 heterocycles. The number of para-hydroxylation sites is 2. The van der Waals surface area contributed by atoms with Gasteiger partial charge in [0, 0.05) is 17.4 Å². The Morgan fingerprint density at radius 1 is 1.04 bits per heavy atom. The van der Waals surface area contributed by atoms with E-state index in [0.717, 1.165) is 11.5 Å². The van der Waals surface area contributed by atoms with Crippen molar-refractivity contribution in [2.24, 2.45) is 23.2 Å². The van der Waals surface area contributed by atoms with Crippen LogP contribution in [0.25, 0.3) is 0 Å². The minimum absolute atomic E-state index is 0.0180. The number of hydrogen-bond donors (Lipinski definition) is 0. The largest absolute Gasteiger partial charge is 0.493 e. The zero-order valence-electron chi connectivity index (χ0n) is 16.7. The van der Waals surface area contributed by atoms with Crippen molar-refractivity contribution in [3.63, 3.8) is 0 Å². The van der Waals surface area contributed by atoms with Gasteiger partial charge in [-0.25, -0.2) is 0 Å². The molecule has 146 valence electrons. The van der Waals surface area contributed by atoms with E-state index in [2.05, 4.69) is 6.58 Å². The van der Waals surface area contributed by atoms with Crippen LogP contribution < -0.4 is 9.47 Å². The van der Waals surface area contributed by atoms with Crippen molar-refractivity contribution in [1.29, 1.82) is 0 Å². The maximum Gasteiger partial charge on any atom is 0.201 e. The molecular weight excluding hydrogens is 344 g/mol. The van der Waals surface area contributed by atoms with Crippen molar-refractivity contribution in [3.05, 3.63) is 48.8 Å². The SMILES string of the molecule is C=CCC12C(=O)C=C(OC)C(=O)C1[C@@H](C)C2C.COc1ccccc1OC. The number of methoxy groups -OCH3 is 3. The first kappa shape index (κ1) is 20.7. The van der Waals surface area contributed by atoms with Crippen molar-refractivity contribution in [2.75, 3.05) is 21.3 Å². The third-order valence-electron chi connectivity index (χ3n) is 5.92. The normalized spacial score (nSPS) is 28.6. The summed E-state index contributed by atoms with van der Waals surface area (Å²) in [6.45, 7) is 7.78. The summed E-state index contributed by atoms with van der Waals surface area (Å²) in [5, 5.41) is 0. The summed E-state index contributed by atoms with van der Waals surface area (Å²) in [7, 11) is 4.68. The summed E-state index contributed by atoms with van der Waals surface area (Å²) in [5.74, 6) is 1.95. The lowest BCUT2D eigenvalue weighted by atomic mass is 9.42. The fourth-order valence-corrected chi connectivity index (χ4v) is 4.32. The highest BCUT2D eigenvalue weighted by molar-refractivity contribution is 6.13. The van der Waals surface area contributed by atoms with E-state index in [0.29, 0.717) is 6.42 Å². The number of carbonyl (C=O) groups excluding carboxylic acids is 2. The van der Waals surface area contributed by atoms with E-state index >= 15 is 0 Å². The average Bonchev–Trinajstić information content (AvgIpc) is 2.70. The lowest BCUT2D eigenvalue weighted by Gasteiger charge is -2.58. The van der Waals surface area contributed by atoms with Crippen molar-refractivity contribution in [3.8, 4) is 11.5 Å². The lowest BCUT2D eigenvalue weighted by Crippen LogP contribution is -2.63. The fourth-order valence-electron chi connectivity index (χ4n) is 4.32. The standard InChI is InChI=1S/C14H18O3.C8H10O2/c1-5-6-14-9(3)8(2)12(14)13(16)10(17-4)7-11(14)15;1-9-7-5-3-4-6-8(7)10-2/h5,7-9,12H,1,6H2,2-4H3;3-6H,1-2H3/t8-,9?,12?,14?;/m0./s1. The third kappa shape index (κ3) is 3.38. The van der Waals surface area contributed by atoms with Crippen LogP contribution in [0.4, 0.5) is 0 Å². The van der Waals surface area contributed by atoms with E-state index in [1.165, 1.54) is 13.2 Å². The van der Waals surface area contributed by atoms with Crippen molar-refractivity contribution in [2.45, 2.75) is 20.3 Å². The molecule has 1 fully saturated rings. The zero-order valence-corrected chi connectivity index (χ0v) is 16.7. The second-order valence-electron chi connectivity index (χ2n) is 6.95. The van der Waals surface area contributed by atoms with Crippen LogP contribution in [0.5, 0.6) is 11.5 Å². The molecule has 0 bridgehead atoms. The number of carbonyl (C=O) groups is 2. The van der Waals surface area contributed by atoms with E-state index in [4.69, 9.17) is 14.2 Å². The molecule has 1 aromatic rings. The van der Waals surface area contributed by atoms with Crippen LogP contribution in [0.1, 0.15) is 20.3 Å². The molecular formula is C22H28O5. The van der Waals surface area contributed by atoms with Crippen LogP contribution in [-0.2, 0) is 14.3 Å². The van der Waals surface area contributed by atoms with Crippen LogP contribution in [0.15, 0.2) is 48.8 Å². The fraction of sp³-hybridized carbons (Fsp3) is 0.455. The second kappa shape index (κ2) is 8.42. The van der Waals surface area contributed by atoms with Gasteiger partial charge in [0.05, 0.1) is 21.3 Å². The summed E-state index contributed by atoms with van der Waals surface area (Å²) >= 11 is 0. The van der Waals surface area contributed by atoms with Gasteiger partial charge in [-0.3, -0.25) is 9.59 Å². The van der Waals surface area contributed by atoms with Gasteiger partial charge in [-0.2, -0.15) is 0 Å². The molecule has 1 aromatic carbocycles. The van der Waals surface area contributed by atoms with Gasteiger partial charge in [0.2, 0.25) is 5.78 Å². The number of hydrogen-bond acceptors (Lipinski definition) is 5. The highest BCUT2D eigenvalue weighted by Crippen LogP contribution is 2.61. The molecule has 0 saturated heterocycles. The number of benzene rings is 1. The molecule has 0 aromatic heterocycles. The Hall–Kier alpha value is -2.56. The first-order chi connectivity index (χ1) is 12.9. The molecule has 1 saturated carbocycles. The molecule has 3 rings (SSSR count). The Morgan fingerprint density at radius 2 is 1.59 bits per heavy atom. The smallest absolute Gasteiger partial charge is 0.201 e. The monoisotopic (exact) mass is 372 g/mol. The number of ether oxygens (including phenoxy) is 3. The highest BCUT2D eigenvalue weighted by Gasteiger charge is 2.65. The summed E-state index contributed by atoms with van der Waals surface area (Å²) < 4.78 is 15.0. The zero-order chi connectivity index (χ0) is 20.2. The van der Waals surface area contributed by atoms with E-state index in [9.17, 15) is 9.59 Å². The summed E-state index contributed by atoms with van der Waals surface area (Å²) in [6, 6.07) is 7.53. The molecule has 5 nitrogen and oxygen atoms in total. The van der Waals surface area contributed by atoms with Crippen LogP contribution >= 0.6 is 0 Å². The van der Waals surface area contributed by atoms with Crippen molar-refractivity contribution < 1.29 is 23.8 Å². The minimum atomic E-state index is -0.555. The number of rotatable bonds is 5. The molecule has 27 heavy (non-hydrogen) atoms. The first-order valence-electron chi connectivity index (χ1n) is 9.01. The maximum absolute atomic E-state index is 12.3. The molecule has 5 heteroatoms. The minimum Gasteiger partial charge on any atom is -0.493 e. The lowest BCUT2D eigenvalue weighted by molar-refractivity contribution is -0.168. The van der Waals surface area contributed by atoms with E-state index in [1.54, 1.807) is 20.3 Å². The molecule has 0 radical (unpaired) electrons. The number of Topliss-reactive ketones (excluding diaryl/α,β-unsaturated/α-hetero) is 1. The Kier molecular flexibility index (Phi) is 6.47. The van der Waals surface area contributed by atoms with Gasteiger partial charge in [0.1, 0.15) is 0 Å². The molecule has 2 aliphatic carbocycles. The highest BCUT2D eigenvalue weighted by atomic mass is 16.5. The van der Waals surface area contributed by atoms with Crippen LogP contribution in [0.3, 0.4) is 0 Å². The topological polar surface area (TPSA) is 61.8 Å². The van der Waals surface area contributed by atoms with E-state index < -0.39 is 5.41 Å². The Labute approximate surface area is 161 Å². The Balaban J connectivity index is 0.000000223. The quantitative estimate of drug-likeness (QED) is 0.735. The third-order valence-corrected chi connectivity index (χ3v) is 5.92. The number of ketones is 2. The molecule has 0 N–H and O–H groups in total. The van der Waals surface area contributed by atoms with Crippen LogP contribution in [0, 0.1) is 23.2 Å². The molecule has 3 unspecified atom stereocenters. The van der Waals surface area contributed by atoms with Gasteiger partial charge in [0.25, 0.3) is 0 Å². The van der Waals surface area contributed by atoms with Crippen molar-refractivity contribution in [1.82, 2.24) is 0 Å². The van der Waals surface area contributed by atoms with Crippen LogP contribution in [-0.4, -0.2) is 32.9 Å². The Morgan fingerprint density at radius 3 is 2.04 bits per heavy atom. The van der Waals surface area contributed by atoms with E-state index in [1.807, 2.05) is 38.1 Å². The Bertz CT molecular complexity index is 728. The van der Waals surface area contributed by atoms with Gasteiger partial charge >= 0.3 is 0 Å². The molecule has 0 aliphatic heterocycles. The maximum atomic E-state index is 12.3. The average molecular weight is 372 g/mol. The van der Waals surface area contributed by atoms with Gasteiger partial charge in [-0.1, -0.05) is 32.1 Å².